The zero-order valence-electron chi connectivity index (χ0n) is 12.0. The summed E-state index contributed by atoms with van der Waals surface area (Å²) in [7, 11) is 0. The summed E-state index contributed by atoms with van der Waals surface area (Å²) in [6.45, 7) is 7.48. The molecule has 0 spiro atoms. The Balaban J connectivity index is 2.86. The van der Waals surface area contributed by atoms with Crippen molar-refractivity contribution in [3.8, 4) is 0 Å². The summed E-state index contributed by atoms with van der Waals surface area (Å²) in [5.41, 5.74) is 1.65. The van der Waals surface area contributed by atoms with Gasteiger partial charge in [-0.2, -0.15) is 0 Å². The van der Waals surface area contributed by atoms with E-state index in [9.17, 15) is 9.59 Å². The minimum atomic E-state index is -0.497. The SMILES string of the molecule is C=C(C(=O)NC(=O)CC)c1ccccc1CO/N=C(\C)I. The number of benzene rings is 1. The van der Waals surface area contributed by atoms with Gasteiger partial charge in [-0.15, -0.1) is 0 Å². The Morgan fingerprint density at radius 1 is 1.38 bits per heavy atom. The molecule has 2 amide bonds. The number of nitrogens with one attached hydrogen (secondary N) is 1. The first-order valence-corrected chi connectivity index (χ1v) is 7.47. The highest BCUT2D eigenvalue weighted by molar-refractivity contribution is 14.1. The van der Waals surface area contributed by atoms with Crippen LogP contribution in [-0.4, -0.2) is 15.5 Å². The molecule has 0 saturated heterocycles. The first-order valence-electron chi connectivity index (χ1n) is 6.39. The Morgan fingerprint density at radius 3 is 2.67 bits per heavy atom. The first kappa shape index (κ1) is 17.4. The van der Waals surface area contributed by atoms with Crippen LogP contribution in [0, 0.1) is 0 Å². The lowest BCUT2D eigenvalue weighted by Gasteiger charge is -2.11. The van der Waals surface area contributed by atoms with Crippen molar-refractivity contribution in [1.82, 2.24) is 5.32 Å². The number of carbonyl (C=O) groups excluding carboxylic acids is 2. The van der Waals surface area contributed by atoms with E-state index in [0.29, 0.717) is 5.56 Å². The van der Waals surface area contributed by atoms with Crippen LogP contribution >= 0.6 is 22.6 Å². The van der Waals surface area contributed by atoms with Crippen molar-refractivity contribution in [1.29, 1.82) is 0 Å². The summed E-state index contributed by atoms with van der Waals surface area (Å²) >= 11 is 2.04. The minimum absolute atomic E-state index is 0.227. The van der Waals surface area contributed by atoms with E-state index in [2.05, 4.69) is 17.1 Å². The standard InChI is InChI=1S/C15H17IN2O3/c1-4-14(19)17-15(20)10(2)13-8-6-5-7-12(13)9-21-18-11(3)16/h5-8H,2,4,9H2,1,3H3,(H,17,19,20)/b18-11+. The monoisotopic (exact) mass is 400 g/mol. The third-order valence-electron chi connectivity index (χ3n) is 2.60. The summed E-state index contributed by atoms with van der Waals surface area (Å²) in [5.74, 6) is -0.831. The van der Waals surface area contributed by atoms with E-state index in [0.717, 1.165) is 9.28 Å². The molecule has 0 aliphatic heterocycles. The van der Waals surface area contributed by atoms with Gasteiger partial charge in [-0.25, -0.2) is 0 Å². The highest BCUT2D eigenvalue weighted by Crippen LogP contribution is 2.19. The molecule has 112 valence electrons. The molecule has 0 aliphatic rings. The van der Waals surface area contributed by atoms with E-state index < -0.39 is 5.91 Å². The van der Waals surface area contributed by atoms with E-state index in [1.807, 2.05) is 41.6 Å². The zero-order valence-corrected chi connectivity index (χ0v) is 14.1. The van der Waals surface area contributed by atoms with Crippen molar-refractivity contribution in [3.05, 3.63) is 42.0 Å². The molecule has 1 rings (SSSR count). The molecular weight excluding hydrogens is 383 g/mol. The lowest BCUT2D eigenvalue weighted by molar-refractivity contribution is -0.127. The number of nitrogens with zero attached hydrogens (tertiary/aromatic N) is 1. The highest BCUT2D eigenvalue weighted by atomic mass is 127. The summed E-state index contributed by atoms with van der Waals surface area (Å²) in [6.07, 6.45) is 0.243. The molecular formula is C15H17IN2O3. The maximum absolute atomic E-state index is 11.9. The fourth-order valence-electron chi connectivity index (χ4n) is 1.54. The fourth-order valence-corrected chi connectivity index (χ4v) is 1.68. The van der Waals surface area contributed by atoms with Crippen LogP contribution in [0.25, 0.3) is 5.57 Å². The molecule has 0 heterocycles. The van der Waals surface area contributed by atoms with Crippen molar-refractivity contribution in [2.75, 3.05) is 0 Å². The Hall–Kier alpha value is -1.70. The average molecular weight is 400 g/mol. The maximum atomic E-state index is 11.9. The van der Waals surface area contributed by atoms with Crippen LogP contribution < -0.4 is 5.32 Å². The van der Waals surface area contributed by atoms with Gasteiger partial charge in [0.2, 0.25) is 5.91 Å². The summed E-state index contributed by atoms with van der Waals surface area (Å²) in [6, 6.07) is 7.22. The van der Waals surface area contributed by atoms with Crippen LogP contribution in [0.2, 0.25) is 0 Å². The topological polar surface area (TPSA) is 67.8 Å². The second-order valence-corrected chi connectivity index (χ2v) is 5.79. The van der Waals surface area contributed by atoms with E-state index in [1.54, 1.807) is 19.1 Å². The van der Waals surface area contributed by atoms with Crippen molar-refractivity contribution in [3.63, 3.8) is 0 Å². The normalized spacial score (nSPS) is 10.9. The van der Waals surface area contributed by atoms with Gasteiger partial charge in [0, 0.05) is 12.0 Å². The Morgan fingerprint density at radius 2 is 2.05 bits per heavy atom. The molecule has 0 unspecified atom stereocenters. The number of carbonyl (C=O) groups is 2. The zero-order chi connectivity index (χ0) is 15.8. The van der Waals surface area contributed by atoms with Crippen molar-refractivity contribution >= 4 is 43.7 Å². The third kappa shape index (κ3) is 5.66. The Kier molecular flexibility index (Phi) is 7.07. The van der Waals surface area contributed by atoms with Gasteiger partial charge in [0.05, 0.1) is 0 Å². The Bertz CT molecular complexity index is 578. The van der Waals surface area contributed by atoms with Crippen LogP contribution in [0.3, 0.4) is 0 Å². The van der Waals surface area contributed by atoms with Crippen LogP contribution in [0.15, 0.2) is 36.0 Å². The van der Waals surface area contributed by atoms with Gasteiger partial charge in [-0.3, -0.25) is 14.9 Å². The number of amides is 2. The van der Waals surface area contributed by atoms with Gasteiger partial charge >= 0.3 is 0 Å². The lowest BCUT2D eigenvalue weighted by atomic mass is 10.0. The predicted molar refractivity (Wildman–Crippen MR) is 90.8 cm³/mol. The molecule has 5 nitrogen and oxygen atoms in total. The van der Waals surface area contributed by atoms with Gasteiger partial charge in [0.25, 0.3) is 5.91 Å². The fraction of sp³-hybridized carbons (Fsp3) is 0.267. The summed E-state index contributed by atoms with van der Waals surface area (Å²) in [4.78, 5) is 28.4. The summed E-state index contributed by atoms with van der Waals surface area (Å²) < 4.78 is 0.773. The summed E-state index contributed by atoms with van der Waals surface area (Å²) in [5, 5.41) is 6.13. The molecule has 1 aromatic rings. The first-order chi connectivity index (χ1) is 9.95. The van der Waals surface area contributed by atoms with Gasteiger partial charge in [0.15, 0.2) is 0 Å². The van der Waals surface area contributed by atoms with Crippen LogP contribution in [-0.2, 0) is 21.0 Å². The van der Waals surface area contributed by atoms with Gasteiger partial charge < -0.3 is 4.84 Å². The van der Waals surface area contributed by atoms with Crippen LogP contribution in [0.4, 0.5) is 0 Å². The van der Waals surface area contributed by atoms with Crippen molar-refractivity contribution < 1.29 is 14.4 Å². The molecule has 0 bridgehead atoms. The largest absolute Gasteiger partial charge is 0.390 e. The van der Waals surface area contributed by atoms with Crippen LogP contribution in [0.5, 0.6) is 0 Å². The third-order valence-corrected chi connectivity index (χ3v) is 2.80. The number of rotatable bonds is 6. The van der Waals surface area contributed by atoms with E-state index >= 15 is 0 Å². The van der Waals surface area contributed by atoms with Crippen molar-refractivity contribution in [2.45, 2.75) is 26.9 Å². The predicted octanol–water partition coefficient (Wildman–Crippen LogP) is 3.04. The molecule has 6 heteroatoms. The van der Waals surface area contributed by atoms with E-state index in [-0.39, 0.29) is 24.5 Å². The highest BCUT2D eigenvalue weighted by Gasteiger charge is 2.15. The van der Waals surface area contributed by atoms with E-state index in [1.165, 1.54) is 0 Å². The molecule has 0 atom stereocenters. The van der Waals surface area contributed by atoms with Crippen molar-refractivity contribution in [2.24, 2.45) is 5.16 Å². The number of halogens is 1. The van der Waals surface area contributed by atoms with Gasteiger partial charge in [-0.05, 0) is 40.6 Å². The molecule has 1 N–H and O–H groups in total. The van der Waals surface area contributed by atoms with Gasteiger partial charge in [0.1, 0.15) is 10.3 Å². The molecule has 0 saturated carbocycles. The smallest absolute Gasteiger partial charge is 0.257 e. The van der Waals surface area contributed by atoms with Crippen LogP contribution in [0.1, 0.15) is 31.4 Å². The molecule has 0 fully saturated rings. The number of hydrogen-bond acceptors (Lipinski definition) is 4. The molecule has 0 radical (unpaired) electrons. The Labute approximate surface area is 137 Å². The molecule has 0 aliphatic carbocycles. The minimum Gasteiger partial charge on any atom is -0.390 e. The second kappa shape index (κ2) is 8.56. The number of imide groups is 1. The molecule has 1 aromatic carbocycles. The molecule has 0 aromatic heterocycles. The van der Waals surface area contributed by atoms with E-state index in [4.69, 9.17) is 4.84 Å². The lowest BCUT2D eigenvalue weighted by Crippen LogP contribution is -2.30. The quantitative estimate of drug-likeness (QED) is 0.346. The maximum Gasteiger partial charge on any atom is 0.257 e. The molecule has 21 heavy (non-hydrogen) atoms. The van der Waals surface area contributed by atoms with Gasteiger partial charge in [-0.1, -0.05) is 42.9 Å². The number of oxime groups is 1. The average Bonchev–Trinajstić information content (AvgIpc) is 2.46. The number of hydrogen-bond donors (Lipinski definition) is 1. The second-order valence-electron chi connectivity index (χ2n) is 4.23.